The number of allylic oxidation sites excluding steroid dienone is 1. The van der Waals surface area contributed by atoms with Crippen LogP contribution in [0.2, 0.25) is 10.0 Å². The zero-order valence-corrected chi connectivity index (χ0v) is 17.9. The lowest BCUT2D eigenvalue weighted by Gasteiger charge is -2.14. The van der Waals surface area contributed by atoms with E-state index in [1.807, 2.05) is 0 Å². The molecule has 0 fully saturated rings. The van der Waals surface area contributed by atoms with Gasteiger partial charge in [-0.25, -0.2) is 4.79 Å². The van der Waals surface area contributed by atoms with Crippen LogP contribution in [0.4, 0.5) is 0 Å². The Morgan fingerprint density at radius 2 is 1.87 bits per heavy atom. The first-order valence-corrected chi connectivity index (χ1v) is 9.87. The molecule has 0 unspecified atom stereocenters. The molecule has 156 valence electrons. The maximum Gasteiger partial charge on any atom is 0.335 e. The molecule has 3 aromatic rings. The molecule has 31 heavy (non-hydrogen) atoms. The SMILES string of the molecule is COc1cccc(/C=C(/C#N)c2ccc(Cl)cc2Cl)c1OCc1ccc(C(=O)O)cc1. The van der Waals surface area contributed by atoms with Crippen LogP contribution in [-0.2, 0) is 6.61 Å². The molecule has 5 nitrogen and oxygen atoms in total. The summed E-state index contributed by atoms with van der Waals surface area (Å²) in [7, 11) is 1.53. The lowest BCUT2D eigenvalue weighted by Crippen LogP contribution is -2.01. The summed E-state index contributed by atoms with van der Waals surface area (Å²) in [6, 6.07) is 18.8. The van der Waals surface area contributed by atoms with Crippen LogP contribution < -0.4 is 9.47 Å². The summed E-state index contributed by atoms with van der Waals surface area (Å²) in [6.45, 7) is 0.185. The summed E-state index contributed by atoms with van der Waals surface area (Å²) >= 11 is 12.2. The number of methoxy groups -OCH3 is 1. The van der Waals surface area contributed by atoms with E-state index in [-0.39, 0.29) is 12.2 Å². The Balaban J connectivity index is 1.95. The van der Waals surface area contributed by atoms with Crippen LogP contribution in [0, 0.1) is 11.3 Å². The molecule has 0 aliphatic heterocycles. The zero-order valence-electron chi connectivity index (χ0n) is 16.4. The average Bonchev–Trinajstić information content (AvgIpc) is 2.77. The second kappa shape index (κ2) is 10.0. The van der Waals surface area contributed by atoms with Crippen LogP contribution in [0.25, 0.3) is 11.6 Å². The number of rotatable bonds is 7. The number of carboxylic acid groups (broad SMARTS) is 1. The highest BCUT2D eigenvalue weighted by Gasteiger charge is 2.13. The molecule has 1 N–H and O–H groups in total. The molecule has 0 spiro atoms. The smallest absolute Gasteiger partial charge is 0.335 e. The Morgan fingerprint density at radius 3 is 2.48 bits per heavy atom. The minimum Gasteiger partial charge on any atom is -0.493 e. The molecular weight excluding hydrogens is 437 g/mol. The Morgan fingerprint density at radius 1 is 1.13 bits per heavy atom. The van der Waals surface area contributed by atoms with Gasteiger partial charge >= 0.3 is 5.97 Å². The third-order valence-electron chi connectivity index (χ3n) is 4.45. The molecule has 0 aromatic heterocycles. The van der Waals surface area contributed by atoms with Gasteiger partial charge < -0.3 is 14.6 Å². The summed E-state index contributed by atoms with van der Waals surface area (Å²) in [4.78, 5) is 11.0. The summed E-state index contributed by atoms with van der Waals surface area (Å²) in [5.41, 5.74) is 2.50. The molecule has 3 rings (SSSR count). The monoisotopic (exact) mass is 453 g/mol. The van der Waals surface area contributed by atoms with Gasteiger partial charge in [0.15, 0.2) is 11.5 Å². The summed E-state index contributed by atoms with van der Waals surface area (Å²) in [5, 5.41) is 19.6. The number of carboxylic acids is 1. The van der Waals surface area contributed by atoms with Crippen LogP contribution >= 0.6 is 23.2 Å². The summed E-state index contributed by atoms with van der Waals surface area (Å²) in [6.07, 6.45) is 1.67. The maximum atomic E-state index is 11.0. The number of nitriles is 1. The van der Waals surface area contributed by atoms with Crippen LogP contribution in [-0.4, -0.2) is 18.2 Å². The van der Waals surface area contributed by atoms with E-state index in [0.29, 0.717) is 38.2 Å². The molecule has 3 aromatic carbocycles. The van der Waals surface area contributed by atoms with E-state index in [0.717, 1.165) is 5.56 Å². The molecule has 0 aliphatic carbocycles. The van der Waals surface area contributed by atoms with Gasteiger partial charge in [0.2, 0.25) is 0 Å². The molecule has 7 heteroatoms. The average molecular weight is 454 g/mol. The van der Waals surface area contributed by atoms with E-state index >= 15 is 0 Å². The number of hydrogen-bond donors (Lipinski definition) is 1. The number of halogens is 2. The van der Waals surface area contributed by atoms with Gasteiger partial charge in [-0.15, -0.1) is 0 Å². The first-order chi connectivity index (χ1) is 14.9. The van der Waals surface area contributed by atoms with E-state index in [1.165, 1.54) is 19.2 Å². The highest BCUT2D eigenvalue weighted by molar-refractivity contribution is 6.36. The first-order valence-electron chi connectivity index (χ1n) is 9.12. The maximum absolute atomic E-state index is 11.0. The quantitative estimate of drug-likeness (QED) is 0.333. The first kappa shape index (κ1) is 22.2. The van der Waals surface area contributed by atoms with Crippen LogP contribution in [0.5, 0.6) is 11.5 Å². The number of carbonyl (C=O) groups is 1. The Bertz CT molecular complexity index is 1180. The van der Waals surface area contributed by atoms with Gasteiger partial charge in [-0.05, 0) is 42.0 Å². The molecule has 0 saturated heterocycles. The molecule has 0 heterocycles. The Hall–Kier alpha value is -3.46. The third kappa shape index (κ3) is 5.37. The lowest BCUT2D eigenvalue weighted by atomic mass is 10.0. The van der Waals surface area contributed by atoms with Crippen LogP contribution in [0.1, 0.15) is 27.0 Å². The van der Waals surface area contributed by atoms with Crippen molar-refractivity contribution in [1.82, 2.24) is 0 Å². The lowest BCUT2D eigenvalue weighted by molar-refractivity contribution is 0.0697. The van der Waals surface area contributed by atoms with Crippen molar-refractivity contribution in [3.8, 4) is 17.6 Å². The van der Waals surface area contributed by atoms with Gasteiger partial charge in [-0.1, -0.05) is 53.5 Å². The van der Waals surface area contributed by atoms with Gasteiger partial charge in [0.25, 0.3) is 0 Å². The fourth-order valence-electron chi connectivity index (χ4n) is 2.89. The molecule has 0 atom stereocenters. The fourth-order valence-corrected chi connectivity index (χ4v) is 3.40. The summed E-state index contributed by atoms with van der Waals surface area (Å²) < 4.78 is 11.4. The number of hydrogen-bond acceptors (Lipinski definition) is 4. The van der Waals surface area contributed by atoms with E-state index < -0.39 is 5.97 Å². The largest absolute Gasteiger partial charge is 0.493 e. The Kier molecular flexibility index (Phi) is 7.19. The molecule has 0 radical (unpaired) electrons. The van der Waals surface area contributed by atoms with E-state index in [4.69, 9.17) is 37.8 Å². The molecular formula is C24H17Cl2NO4. The van der Waals surface area contributed by atoms with Crippen molar-refractivity contribution in [2.24, 2.45) is 0 Å². The molecule has 0 aliphatic rings. The van der Waals surface area contributed by atoms with Gasteiger partial charge in [0.05, 0.1) is 29.3 Å². The van der Waals surface area contributed by atoms with Crippen molar-refractivity contribution >= 4 is 40.8 Å². The van der Waals surface area contributed by atoms with Crippen molar-refractivity contribution in [3.05, 3.63) is 93.0 Å². The summed E-state index contributed by atoms with van der Waals surface area (Å²) in [5.74, 6) is -0.0462. The van der Waals surface area contributed by atoms with Crippen molar-refractivity contribution in [2.75, 3.05) is 7.11 Å². The number of benzene rings is 3. The topological polar surface area (TPSA) is 79.5 Å². The molecule has 0 saturated carbocycles. The Labute approximate surface area is 189 Å². The zero-order chi connectivity index (χ0) is 22.4. The number of ether oxygens (including phenoxy) is 2. The predicted octanol–water partition coefficient (Wildman–Crippen LogP) is 6.34. The number of para-hydroxylation sites is 1. The number of aromatic carboxylic acids is 1. The van der Waals surface area contributed by atoms with Gasteiger partial charge in [-0.2, -0.15) is 5.26 Å². The standard InChI is InChI=1S/C24H17Cl2NO4/c1-30-22-4-2-3-17(11-18(13-27)20-10-9-19(25)12-21(20)26)23(22)31-14-15-5-7-16(8-6-15)24(28)29/h2-12H,14H2,1H3,(H,28,29)/b18-11-. The van der Waals surface area contributed by atoms with Crippen molar-refractivity contribution in [3.63, 3.8) is 0 Å². The predicted molar refractivity (Wildman–Crippen MR) is 121 cm³/mol. The van der Waals surface area contributed by atoms with E-state index in [2.05, 4.69) is 6.07 Å². The van der Waals surface area contributed by atoms with E-state index in [1.54, 1.807) is 54.6 Å². The van der Waals surface area contributed by atoms with E-state index in [9.17, 15) is 10.1 Å². The van der Waals surface area contributed by atoms with Crippen LogP contribution in [0.15, 0.2) is 60.7 Å². The number of nitrogens with zero attached hydrogens (tertiary/aromatic N) is 1. The fraction of sp³-hybridized carbons (Fsp3) is 0.0833. The second-order valence-electron chi connectivity index (χ2n) is 6.46. The minimum absolute atomic E-state index is 0.185. The second-order valence-corrected chi connectivity index (χ2v) is 7.31. The van der Waals surface area contributed by atoms with Crippen LogP contribution in [0.3, 0.4) is 0 Å². The highest BCUT2D eigenvalue weighted by atomic mass is 35.5. The van der Waals surface area contributed by atoms with Gasteiger partial charge in [0.1, 0.15) is 6.61 Å². The van der Waals surface area contributed by atoms with Gasteiger partial charge in [-0.3, -0.25) is 0 Å². The minimum atomic E-state index is -0.991. The van der Waals surface area contributed by atoms with Crippen molar-refractivity contribution in [1.29, 1.82) is 5.26 Å². The third-order valence-corrected chi connectivity index (χ3v) is 5.00. The highest BCUT2D eigenvalue weighted by Crippen LogP contribution is 2.35. The molecule has 0 bridgehead atoms. The normalized spacial score (nSPS) is 11.0. The van der Waals surface area contributed by atoms with Gasteiger partial charge in [0, 0.05) is 16.1 Å². The van der Waals surface area contributed by atoms with Crippen molar-refractivity contribution < 1.29 is 19.4 Å². The van der Waals surface area contributed by atoms with Crippen molar-refractivity contribution in [2.45, 2.75) is 6.61 Å². The molecule has 0 amide bonds.